The lowest BCUT2D eigenvalue weighted by molar-refractivity contribution is -0.115. The number of nitrogens with one attached hydrogen (secondary N) is 1. The fraction of sp³-hybridized carbons (Fsp3) is 0.130. The molecule has 0 radical (unpaired) electrons. The Morgan fingerprint density at radius 3 is 2.33 bits per heavy atom. The Morgan fingerprint density at radius 2 is 1.63 bits per heavy atom. The van der Waals surface area contributed by atoms with Crippen molar-refractivity contribution in [3.8, 4) is 0 Å². The quantitative estimate of drug-likeness (QED) is 0.450. The first-order chi connectivity index (χ1) is 14.7. The van der Waals surface area contributed by atoms with Crippen LogP contribution in [0.4, 0.5) is 5.69 Å². The molecule has 7 heteroatoms. The van der Waals surface area contributed by atoms with Crippen LogP contribution in [-0.4, -0.2) is 26.1 Å². The summed E-state index contributed by atoms with van der Waals surface area (Å²) in [6.07, 6.45) is 0. The third-order valence-electron chi connectivity index (χ3n) is 4.56. The second kappa shape index (κ2) is 9.37. The zero-order valence-electron chi connectivity index (χ0n) is 16.5. The maximum absolute atomic E-state index is 13.2. The van der Waals surface area contributed by atoms with E-state index >= 15 is 0 Å². The Labute approximate surface area is 179 Å². The SMILES string of the molecule is Cc1ccc(NC(=O)[C@@H](Sc2nnnn2Cc2ccccc2)c2ccccc2)cc1. The third-order valence-corrected chi connectivity index (χ3v) is 5.78. The van der Waals surface area contributed by atoms with E-state index in [-0.39, 0.29) is 5.91 Å². The zero-order chi connectivity index (χ0) is 20.8. The smallest absolute Gasteiger partial charge is 0.242 e. The van der Waals surface area contributed by atoms with Crippen molar-refractivity contribution in [2.45, 2.75) is 23.9 Å². The molecule has 1 atom stereocenters. The molecule has 0 aliphatic heterocycles. The number of benzene rings is 3. The van der Waals surface area contributed by atoms with Crippen molar-refractivity contribution >= 4 is 23.4 Å². The topological polar surface area (TPSA) is 72.7 Å². The van der Waals surface area contributed by atoms with Gasteiger partial charge in [-0.1, -0.05) is 90.1 Å². The average molecular weight is 416 g/mol. The molecule has 4 aromatic rings. The van der Waals surface area contributed by atoms with E-state index in [1.165, 1.54) is 11.8 Å². The first-order valence-corrected chi connectivity index (χ1v) is 10.5. The van der Waals surface area contributed by atoms with Gasteiger partial charge in [-0.25, -0.2) is 4.68 Å². The fourth-order valence-electron chi connectivity index (χ4n) is 2.99. The maximum Gasteiger partial charge on any atom is 0.242 e. The minimum absolute atomic E-state index is 0.121. The Morgan fingerprint density at radius 1 is 0.967 bits per heavy atom. The van der Waals surface area contributed by atoms with Crippen LogP contribution < -0.4 is 5.32 Å². The van der Waals surface area contributed by atoms with Crippen LogP contribution >= 0.6 is 11.8 Å². The number of thioether (sulfide) groups is 1. The molecule has 0 saturated heterocycles. The van der Waals surface area contributed by atoms with Gasteiger partial charge in [-0.3, -0.25) is 4.79 Å². The predicted molar refractivity (Wildman–Crippen MR) is 118 cm³/mol. The molecule has 3 aromatic carbocycles. The minimum atomic E-state index is -0.493. The van der Waals surface area contributed by atoms with E-state index in [2.05, 4.69) is 20.8 Å². The van der Waals surface area contributed by atoms with Gasteiger partial charge < -0.3 is 5.32 Å². The van der Waals surface area contributed by atoms with E-state index in [1.54, 1.807) is 4.68 Å². The number of nitrogens with zero attached hydrogens (tertiary/aromatic N) is 4. The lowest BCUT2D eigenvalue weighted by Gasteiger charge is -2.16. The van der Waals surface area contributed by atoms with E-state index in [9.17, 15) is 4.79 Å². The molecule has 0 aliphatic rings. The molecule has 6 nitrogen and oxygen atoms in total. The summed E-state index contributed by atoms with van der Waals surface area (Å²) in [4.78, 5) is 13.2. The average Bonchev–Trinajstić information content (AvgIpc) is 3.21. The summed E-state index contributed by atoms with van der Waals surface area (Å²) in [6, 6.07) is 27.4. The first-order valence-electron chi connectivity index (χ1n) is 9.58. The summed E-state index contributed by atoms with van der Waals surface area (Å²) in [5.74, 6) is -0.121. The van der Waals surface area contributed by atoms with Crippen molar-refractivity contribution in [2.24, 2.45) is 0 Å². The standard InChI is InChI=1S/C23H21N5OS/c1-17-12-14-20(15-13-17)24-22(29)21(19-10-6-3-7-11-19)30-23-25-26-27-28(23)16-18-8-4-2-5-9-18/h2-15,21H,16H2,1H3,(H,24,29)/t21-/m0/s1. The monoisotopic (exact) mass is 415 g/mol. The molecule has 0 bridgehead atoms. The van der Waals surface area contributed by atoms with Crippen molar-refractivity contribution in [3.63, 3.8) is 0 Å². The summed E-state index contributed by atoms with van der Waals surface area (Å²) >= 11 is 1.34. The summed E-state index contributed by atoms with van der Waals surface area (Å²) in [6.45, 7) is 2.55. The molecule has 0 fully saturated rings. The number of aryl methyl sites for hydroxylation is 1. The molecule has 0 aliphatic carbocycles. The Hall–Kier alpha value is -3.45. The number of anilines is 1. The largest absolute Gasteiger partial charge is 0.325 e. The van der Waals surface area contributed by atoms with Gasteiger partial charge in [-0.15, -0.1) is 5.10 Å². The van der Waals surface area contributed by atoms with Crippen LogP contribution in [0.25, 0.3) is 0 Å². The number of amides is 1. The van der Waals surface area contributed by atoms with Gasteiger partial charge in [0.05, 0.1) is 6.54 Å². The summed E-state index contributed by atoms with van der Waals surface area (Å²) in [5, 5.41) is 15.2. The van der Waals surface area contributed by atoms with Crippen molar-refractivity contribution in [1.82, 2.24) is 20.2 Å². The van der Waals surface area contributed by atoms with Crippen molar-refractivity contribution < 1.29 is 4.79 Å². The summed E-state index contributed by atoms with van der Waals surface area (Å²) in [7, 11) is 0. The van der Waals surface area contributed by atoms with Crippen LogP contribution in [0.15, 0.2) is 90.1 Å². The van der Waals surface area contributed by atoms with E-state index in [0.29, 0.717) is 11.7 Å². The number of carbonyl (C=O) groups is 1. The molecule has 1 heterocycles. The molecule has 1 amide bonds. The molecular formula is C23H21N5OS. The number of carbonyl (C=O) groups excluding carboxylic acids is 1. The van der Waals surface area contributed by atoms with E-state index < -0.39 is 5.25 Å². The highest BCUT2D eigenvalue weighted by Crippen LogP contribution is 2.35. The van der Waals surface area contributed by atoms with Crippen LogP contribution in [0, 0.1) is 6.92 Å². The van der Waals surface area contributed by atoms with Gasteiger partial charge in [0, 0.05) is 5.69 Å². The molecular weight excluding hydrogens is 394 g/mol. The van der Waals surface area contributed by atoms with Gasteiger partial charge in [0.15, 0.2) is 0 Å². The third kappa shape index (κ3) is 4.93. The number of hydrogen-bond donors (Lipinski definition) is 1. The van der Waals surface area contributed by atoms with Gasteiger partial charge in [0.25, 0.3) is 0 Å². The van der Waals surface area contributed by atoms with Crippen LogP contribution in [-0.2, 0) is 11.3 Å². The Bertz CT molecular complexity index is 1100. The van der Waals surface area contributed by atoms with Gasteiger partial charge in [-0.2, -0.15) is 0 Å². The number of tetrazole rings is 1. The Kier molecular flexibility index (Phi) is 6.20. The molecule has 0 unspecified atom stereocenters. The molecule has 1 N–H and O–H groups in total. The van der Waals surface area contributed by atoms with Crippen molar-refractivity contribution in [3.05, 3.63) is 102 Å². The normalized spacial score (nSPS) is 11.8. The van der Waals surface area contributed by atoms with Gasteiger partial charge in [0.1, 0.15) is 5.25 Å². The van der Waals surface area contributed by atoms with Crippen LogP contribution in [0.3, 0.4) is 0 Å². The highest BCUT2D eigenvalue weighted by molar-refractivity contribution is 8.00. The number of rotatable bonds is 7. The van der Waals surface area contributed by atoms with Crippen LogP contribution in [0.2, 0.25) is 0 Å². The zero-order valence-corrected chi connectivity index (χ0v) is 17.3. The molecule has 150 valence electrons. The van der Waals surface area contributed by atoms with Crippen LogP contribution in [0.5, 0.6) is 0 Å². The molecule has 0 saturated carbocycles. The highest BCUT2D eigenvalue weighted by Gasteiger charge is 2.25. The Balaban J connectivity index is 1.58. The van der Waals surface area contributed by atoms with E-state index in [0.717, 1.165) is 22.4 Å². The first kappa shape index (κ1) is 19.8. The molecule has 0 spiro atoms. The molecule has 4 rings (SSSR count). The van der Waals surface area contributed by atoms with Crippen molar-refractivity contribution in [2.75, 3.05) is 5.32 Å². The predicted octanol–water partition coefficient (Wildman–Crippen LogP) is 4.50. The summed E-state index contributed by atoms with van der Waals surface area (Å²) in [5.41, 5.74) is 3.88. The van der Waals surface area contributed by atoms with Crippen molar-refractivity contribution in [1.29, 1.82) is 0 Å². The highest BCUT2D eigenvalue weighted by atomic mass is 32.2. The number of aromatic nitrogens is 4. The molecule has 30 heavy (non-hydrogen) atoms. The van der Waals surface area contributed by atoms with E-state index in [1.807, 2.05) is 91.9 Å². The maximum atomic E-state index is 13.2. The lowest BCUT2D eigenvalue weighted by atomic mass is 10.1. The second-order valence-electron chi connectivity index (χ2n) is 6.87. The fourth-order valence-corrected chi connectivity index (χ4v) is 3.96. The summed E-state index contributed by atoms with van der Waals surface area (Å²) < 4.78 is 1.72. The van der Waals surface area contributed by atoms with Crippen LogP contribution in [0.1, 0.15) is 21.9 Å². The van der Waals surface area contributed by atoms with E-state index in [4.69, 9.17) is 0 Å². The minimum Gasteiger partial charge on any atom is -0.325 e. The second-order valence-corrected chi connectivity index (χ2v) is 7.94. The van der Waals surface area contributed by atoms with Gasteiger partial charge >= 0.3 is 0 Å². The molecule has 1 aromatic heterocycles. The lowest BCUT2D eigenvalue weighted by Crippen LogP contribution is -2.19. The van der Waals surface area contributed by atoms with Gasteiger partial charge in [-0.05, 0) is 40.6 Å². The number of hydrogen-bond acceptors (Lipinski definition) is 5. The van der Waals surface area contributed by atoms with Gasteiger partial charge in [0.2, 0.25) is 11.1 Å².